The molecule has 0 amide bonds. The Labute approximate surface area is 253 Å². The van der Waals surface area contributed by atoms with Gasteiger partial charge >= 0.3 is 21.1 Å². The normalized spacial score (nSPS) is 18.3. The van der Waals surface area contributed by atoms with Gasteiger partial charge in [-0.2, -0.15) is 6.07 Å². The minimum atomic E-state index is -2.22. The van der Waals surface area contributed by atoms with Gasteiger partial charge < -0.3 is 14.0 Å². The molecule has 2 aliphatic heterocycles. The topological polar surface area (TPSA) is 48.6 Å². The zero-order valence-electron chi connectivity index (χ0n) is 26.3. The van der Waals surface area contributed by atoms with E-state index >= 15 is 0 Å². The van der Waals surface area contributed by atoms with E-state index in [9.17, 15) is 0 Å². The van der Waals surface area contributed by atoms with Crippen molar-refractivity contribution in [1.82, 2.24) is 9.55 Å². The number of para-hydroxylation sites is 1. The van der Waals surface area contributed by atoms with Gasteiger partial charge in [-0.05, 0) is 36.4 Å². The SMILES string of the molecule is [2H]C([2H])([2H])[C@@H]1COC(c2[c-]c(Oc3[c-]c4c(cc3C)C(C)(C)c3cccc5c6cc(C)cnc6n-4c35)c(C)cc2C)=N1.[Pt+2]. The Hall–Kier alpha value is -3.43. The molecule has 0 spiro atoms. The molecule has 0 aliphatic carbocycles. The van der Waals surface area contributed by atoms with E-state index in [-0.39, 0.29) is 39.0 Å². The molecule has 0 fully saturated rings. The van der Waals surface area contributed by atoms with Crippen molar-refractivity contribution in [3.63, 3.8) is 0 Å². The number of ether oxygens (including phenoxy) is 2. The number of pyridine rings is 1. The number of aromatic nitrogens is 2. The predicted octanol–water partition coefficient (Wildman–Crippen LogP) is 7.61. The maximum atomic E-state index is 7.72. The summed E-state index contributed by atoms with van der Waals surface area (Å²) in [6, 6.07) is 19.0. The first-order chi connectivity index (χ1) is 19.8. The van der Waals surface area contributed by atoms with Crippen LogP contribution in [0, 0.1) is 39.8 Å². The van der Waals surface area contributed by atoms with Gasteiger partial charge in [-0.15, -0.1) is 28.8 Å². The van der Waals surface area contributed by atoms with E-state index in [0.29, 0.717) is 17.1 Å². The van der Waals surface area contributed by atoms with Crippen LogP contribution in [-0.2, 0) is 31.2 Å². The molecule has 2 aromatic heterocycles. The van der Waals surface area contributed by atoms with Gasteiger partial charge in [0.1, 0.15) is 11.5 Å². The second kappa shape index (κ2) is 9.31. The molecule has 40 heavy (non-hydrogen) atoms. The van der Waals surface area contributed by atoms with Crippen molar-refractivity contribution >= 4 is 27.8 Å². The molecule has 3 aromatic carbocycles. The van der Waals surface area contributed by atoms with Crippen molar-refractivity contribution in [1.29, 1.82) is 0 Å². The van der Waals surface area contributed by atoms with E-state index in [1.165, 1.54) is 10.9 Å². The van der Waals surface area contributed by atoms with Crippen molar-refractivity contribution in [2.45, 2.75) is 59.9 Å². The Balaban J connectivity index is 0.00000329. The molecule has 0 bridgehead atoms. The van der Waals surface area contributed by atoms with Crippen LogP contribution in [0.2, 0.25) is 0 Å². The number of aryl methyl sites for hydroxylation is 4. The summed E-state index contributed by atoms with van der Waals surface area (Å²) in [6.45, 7) is 10.3. The van der Waals surface area contributed by atoms with Gasteiger partial charge in [-0.3, -0.25) is 4.99 Å². The predicted molar refractivity (Wildman–Crippen MR) is 156 cm³/mol. The van der Waals surface area contributed by atoms with Crippen molar-refractivity contribution < 1.29 is 34.7 Å². The van der Waals surface area contributed by atoms with Crippen molar-refractivity contribution in [2.75, 3.05) is 6.61 Å². The number of rotatable bonds is 3. The van der Waals surface area contributed by atoms with Crippen LogP contribution in [0.3, 0.4) is 0 Å². The molecule has 1 atom stereocenters. The second-order valence-corrected chi connectivity index (χ2v) is 11.3. The van der Waals surface area contributed by atoms with Crippen LogP contribution in [0.4, 0.5) is 0 Å². The van der Waals surface area contributed by atoms with Gasteiger partial charge in [0.15, 0.2) is 0 Å². The number of aliphatic imine (C=N–C) groups is 1. The molecular formula is C34H31N3O2Pt. The van der Waals surface area contributed by atoms with E-state index in [2.05, 4.69) is 72.8 Å². The molecule has 0 radical (unpaired) electrons. The molecule has 6 heteroatoms. The number of benzene rings is 3. The van der Waals surface area contributed by atoms with Crippen LogP contribution in [0.5, 0.6) is 11.5 Å². The maximum Gasteiger partial charge on any atom is 2.00 e. The summed E-state index contributed by atoms with van der Waals surface area (Å²) < 4.78 is 37.7. The minimum absolute atomic E-state index is 0. The van der Waals surface area contributed by atoms with Gasteiger partial charge in [0, 0.05) is 32.6 Å². The van der Waals surface area contributed by atoms with Gasteiger partial charge in [0.05, 0.1) is 18.2 Å². The summed E-state index contributed by atoms with van der Waals surface area (Å²) in [6.07, 6.45) is 1.91. The number of nitrogens with zero attached hydrogens (tertiary/aromatic N) is 3. The minimum Gasteiger partial charge on any atom is -0.518 e. The van der Waals surface area contributed by atoms with Gasteiger partial charge in [-0.25, -0.2) is 4.98 Å². The van der Waals surface area contributed by atoms with Crippen LogP contribution in [0.25, 0.3) is 27.6 Å². The average molecular weight is 712 g/mol. The maximum absolute atomic E-state index is 7.72. The summed E-state index contributed by atoms with van der Waals surface area (Å²) in [5.74, 6) is 1.39. The third-order valence-electron chi connectivity index (χ3n) is 8.03. The molecule has 5 aromatic rings. The quantitative estimate of drug-likeness (QED) is 0.181. The van der Waals surface area contributed by atoms with Crippen LogP contribution >= 0.6 is 0 Å². The monoisotopic (exact) mass is 711 g/mol. The largest absolute Gasteiger partial charge is 2.00 e. The summed E-state index contributed by atoms with van der Waals surface area (Å²) >= 11 is 0. The third kappa shape index (κ3) is 3.85. The van der Waals surface area contributed by atoms with Crippen molar-refractivity contribution in [3.05, 3.63) is 93.7 Å². The summed E-state index contributed by atoms with van der Waals surface area (Å²) in [4.78, 5) is 9.24. The van der Waals surface area contributed by atoms with E-state index in [1.54, 1.807) is 0 Å². The first kappa shape index (κ1) is 23.3. The Bertz CT molecular complexity index is 1990. The molecule has 0 saturated heterocycles. The van der Waals surface area contributed by atoms with Crippen LogP contribution < -0.4 is 4.74 Å². The molecular weight excluding hydrogens is 677 g/mol. The zero-order valence-corrected chi connectivity index (χ0v) is 25.6. The van der Waals surface area contributed by atoms with Crippen LogP contribution in [0.1, 0.15) is 63.8 Å². The average Bonchev–Trinajstić information content (AvgIpc) is 3.54. The fourth-order valence-corrected chi connectivity index (χ4v) is 6.01. The molecule has 0 saturated carbocycles. The smallest absolute Gasteiger partial charge is 0.518 e. The fraction of sp³-hybridized carbons (Fsp3) is 0.294. The second-order valence-electron chi connectivity index (χ2n) is 11.3. The molecule has 0 unspecified atom stereocenters. The van der Waals surface area contributed by atoms with Gasteiger partial charge in [-0.1, -0.05) is 75.7 Å². The Morgan fingerprint density at radius 2 is 1.77 bits per heavy atom. The standard InChI is InChI=1S/C34H31N3O2.Pt/c1-18-11-25-23-9-8-10-26-31(23)37(32(25)35-16-18)28-15-30(21(4)13-27(28)34(26,6)7)39-29-14-24(19(2)12-20(29)3)33-36-22(5)17-38-33;/h8-13,16,22H,17H2,1-7H3;/q-2;+2/t22-;/m1./s1/i5D3;. The van der Waals surface area contributed by atoms with Crippen molar-refractivity contribution in [2.24, 2.45) is 4.99 Å². The molecule has 204 valence electrons. The van der Waals surface area contributed by atoms with E-state index in [1.807, 2.05) is 33.0 Å². The van der Waals surface area contributed by atoms with Gasteiger partial charge in [0.25, 0.3) is 0 Å². The number of hydrogen-bond acceptors (Lipinski definition) is 4. The van der Waals surface area contributed by atoms with Crippen LogP contribution in [0.15, 0.2) is 47.6 Å². The van der Waals surface area contributed by atoms with E-state index in [4.69, 9.17) is 18.6 Å². The first-order valence-corrected chi connectivity index (χ1v) is 13.2. The molecule has 7 rings (SSSR count). The Morgan fingerprint density at radius 3 is 2.55 bits per heavy atom. The Kier molecular flexibility index (Phi) is 5.42. The number of hydrogen-bond donors (Lipinski definition) is 0. The van der Waals surface area contributed by atoms with E-state index < -0.39 is 12.9 Å². The summed E-state index contributed by atoms with van der Waals surface area (Å²) in [7, 11) is 0. The van der Waals surface area contributed by atoms with Crippen molar-refractivity contribution in [3.8, 4) is 17.2 Å². The molecule has 0 N–H and O–H groups in total. The first-order valence-electron chi connectivity index (χ1n) is 14.7. The number of fused-ring (bicyclic) bond motifs is 5. The molecule has 5 nitrogen and oxygen atoms in total. The summed E-state index contributed by atoms with van der Waals surface area (Å²) in [5, 5.41) is 2.29. The fourth-order valence-electron chi connectivity index (χ4n) is 6.01. The zero-order chi connectivity index (χ0) is 29.7. The van der Waals surface area contributed by atoms with E-state index in [0.717, 1.165) is 50.1 Å². The molecule has 4 heterocycles. The third-order valence-corrected chi connectivity index (χ3v) is 8.03. The van der Waals surface area contributed by atoms with Gasteiger partial charge in [0.2, 0.25) is 0 Å². The molecule has 2 aliphatic rings. The van der Waals surface area contributed by atoms with Crippen LogP contribution in [-0.4, -0.2) is 28.1 Å². The Morgan fingerprint density at radius 1 is 1.00 bits per heavy atom. The summed E-state index contributed by atoms with van der Waals surface area (Å²) in [5.41, 5.74) is 9.56.